The topological polar surface area (TPSA) is 64.6 Å². The van der Waals surface area contributed by atoms with Crippen LogP contribution in [0.25, 0.3) is 0 Å². The third-order valence-corrected chi connectivity index (χ3v) is 3.39. The van der Waals surface area contributed by atoms with Crippen LogP contribution < -0.4 is 10.1 Å². The molecule has 0 atom stereocenters. The molecule has 2 aromatic rings. The molecule has 0 fully saturated rings. The van der Waals surface area contributed by atoms with Gasteiger partial charge in [-0.3, -0.25) is 5.32 Å². The molecule has 1 N–H and O–H groups in total. The Morgan fingerprint density at radius 1 is 1.00 bits per heavy atom. The zero-order valence-electron chi connectivity index (χ0n) is 11.4. The van der Waals surface area contributed by atoms with Gasteiger partial charge in [-0.1, -0.05) is 23.2 Å². The summed E-state index contributed by atoms with van der Waals surface area (Å²) < 4.78 is 9.65. The predicted octanol–water partition coefficient (Wildman–Crippen LogP) is 4.39. The number of carbonyl (C=O) groups is 2. The Morgan fingerprint density at radius 2 is 1.68 bits per heavy atom. The zero-order valence-corrected chi connectivity index (χ0v) is 12.9. The number of ether oxygens (including phenoxy) is 2. The van der Waals surface area contributed by atoms with Gasteiger partial charge in [0.05, 0.1) is 22.7 Å². The molecule has 1 amide bonds. The SMILES string of the molecule is COC(=O)c1ccc(OC(=O)Nc2ccc(Cl)c(Cl)c2)cc1. The van der Waals surface area contributed by atoms with Crippen molar-refractivity contribution < 1.29 is 19.1 Å². The molecular formula is C15H11Cl2NO4. The number of esters is 1. The lowest BCUT2D eigenvalue weighted by molar-refractivity contribution is 0.0600. The second-order valence-electron chi connectivity index (χ2n) is 4.16. The molecule has 114 valence electrons. The van der Waals surface area contributed by atoms with E-state index in [4.69, 9.17) is 27.9 Å². The lowest BCUT2D eigenvalue weighted by atomic mass is 10.2. The van der Waals surface area contributed by atoms with Crippen molar-refractivity contribution in [3.8, 4) is 5.75 Å². The molecule has 0 heterocycles. The molecule has 0 aliphatic carbocycles. The highest BCUT2D eigenvalue weighted by atomic mass is 35.5. The molecule has 0 unspecified atom stereocenters. The highest BCUT2D eigenvalue weighted by Gasteiger charge is 2.09. The van der Waals surface area contributed by atoms with E-state index >= 15 is 0 Å². The van der Waals surface area contributed by atoms with E-state index in [2.05, 4.69) is 10.1 Å². The maximum atomic E-state index is 11.8. The van der Waals surface area contributed by atoms with Crippen LogP contribution in [0.5, 0.6) is 5.75 Å². The summed E-state index contributed by atoms with van der Waals surface area (Å²) in [7, 11) is 1.29. The van der Waals surface area contributed by atoms with Gasteiger partial charge in [0.2, 0.25) is 0 Å². The van der Waals surface area contributed by atoms with Crippen molar-refractivity contribution >= 4 is 41.0 Å². The first kappa shape index (κ1) is 16.1. The molecule has 0 aliphatic heterocycles. The molecule has 0 saturated carbocycles. The number of methoxy groups -OCH3 is 1. The summed E-state index contributed by atoms with van der Waals surface area (Å²) in [6, 6.07) is 10.6. The van der Waals surface area contributed by atoms with Gasteiger partial charge in [0, 0.05) is 5.69 Å². The van der Waals surface area contributed by atoms with Gasteiger partial charge in [-0.25, -0.2) is 9.59 Å². The molecule has 2 rings (SSSR count). The highest BCUT2D eigenvalue weighted by molar-refractivity contribution is 6.42. The van der Waals surface area contributed by atoms with E-state index in [-0.39, 0.29) is 5.75 Å². The molecular weight excluding hydrogens is 329 g/mol. The van der Waals surface area contributed by atoms with E-state index in [1.165, 1.54) is 37.4 Å². The number of carbonyl (C=O) groups excluding carboxylic acids is 2. The number of nitrogens with one attached hydrogen (secondary N) is 1. The quantitative estimate of drug-likeness (QED) is 0.842. The molecule has 2 aromatic carbocycles. The molecule has 22 heavy (non-hydrogen) atoms. The van der Waals surface area contributed by atoms with Gasteiger partial charge in [-0.2, -0.15) is 0 Å². The summed E-state index contributed by atoms with van der Waals surface area (Å²) in [5, 5.41) is 3.22. The van der Waals surface area contributed by atoms with Crippen LogP contribution in [0.2, 0.25) is 10.0 Å². The standard InChI is InChI=1S/C15H11Cl2NO4/c1-21-14(19)9-2-5-11(6-3-9)22-15(20)18-10-4-7-12(16)13(17)8-10/h2-8H,1H3,(H,18,20). The van der Waals surface area contributed by atoms with E-state index in [9.17, 15) is 9.59 Å². The first-order chi connectivity index (χ1) is 10.5. The Labute approximate surface area is 136 Å². The Balaban J connectivity index is 1.99. The number of hydrogen-bond donors (Lipinski definition) is 1. The van der Waals surface area contributed by atoms with Crippen LogP contribution in [0.3, 0.4) is 0 Å². The summed E-state index contributed by atoms with van der Waals surface area (Å²) in [6.45, 7) is 0. The van der Waals surface area contributed by atoms with Crippen LogP contribution in [-0.4, -0.2) is 19.2 Å². The van der Waals surface area contributed by atoms with Gasteiger partial charge in [0.25, 0.3) is 0 Å². The van der Waals surface area contributed by atoms with Crippen LogP contribution >= 0.6 is 23.2 Å². The molecule has 0 saturated heterocycles. The van der Waals surface area contributed by atoms with Crippen molar-refractivity contribution in [1.82, 2.24) is 0 Å². The number of rotatable bonds is 3. The van der Waals surface area contributed by atoms with Gasteiger partial charge < -0.3 is 9.47 Å². The lowest BCUT2D eigenvalue weighted by Crippen LogP contribution is -2.16. The fraction of sp³-hybridized carbons (Fsp3) is 0.0667. The van der Waals surface area contributed by atoms with E-state index in [1.807, 2.05) is 0 Å². The van der Waals surface area contributed by atoms with Crippen LogP contribution in [0, 0.1) is 0 Å². The summed E-state index contributed by atoms with van der Waals surface area (Å²) in [4.78, 5) is 23.0. The monoisotopic (exact) mass is 339 g/mol. The second-order valence-corrected chi connectivity index (χ2v) is 4.97. The Kier molecular flexibility index (Phi) is 5.25. The van der Waals surface area contributed by atoms with Crippen LogP contribution in [0.1, 0.15) is 10.4 Å². The molecule has 0 radical (unpaired) electrons. The smallest absolute Gasteiger partial charge is 0.417 e. The number of anilines is 1. The van der Waals surface area contributed by atoms with Gasteiger partial charge in [0.15, 0.2) is 0 Å². The largest absolute Gasteiger partial charge is 0.465 e. The predicted molar refractivity (Wildman–Crippen MR) is 83.9 cm³/mol. The van der Waals surface area contributed by atoms with Crippen molar-refractivity contribution in [2.45, 2.75) is 0 Å². The fourth-order valence-corrected chi connectivity index (χ4v) is 1.90. The minimum atomic E-state index is -0.691. The normalized spacial score (nSPS) is 9.95. The van der Waals surface area contributed by atoms with E-state index in [0.29, 0.717) is 21.3 Å². The summed E-state index contributed by atoms with van der Waals surface area (Å²) in [5.41, 5.74) is 0.810. The first-order valence-corrected chi connectivity index (χ1v) is 6.87. The Morgan fingerprint density at radius 3 is 2.27 bits per heavy atom. The van der Waals surface area contributed by atoms with E-state index in [1.54, 1.807) is 12.1 Å². The summed E-state index contributed by atoms with van der Waals surface area (Å²) in [6.07, 6.45) is -0.691. The van der Waals surface area contributed by atoms with Crippen molar-refractivity contribution in [2.24, 2.45) is 0 Å². The van der Waals surface area contributed by atoms with Gasteiger partial charge in [0.1, 0.15) is 5.75 Å². The van der Waals surface area contributed by atoms with Crippen molar-refractivity contribution in [3.05, 3.63) is 58.1 Å². The first-order valence-electron chi connectivity index (χ1n) is 6.12. The zero-order chi connectivity index (χ0) is 16.1. The van der Waals surface area contributed by atoms with Gasteiger partial charge >= 0.3 is 12.1 Å². The highest BCUT2D eigenvalue weighted by Crippen LogP contribution is 2.25. The lowest BCUT2D eigenvalue weighted by Gasteiger charge is -2.08. The maximum Gasteiger partial charge on any atom is 0.417 e. The third-order valence-electron chi connectivity index (χ3n) is 2.65. The number of halogens is 2. The summed E-state index contributed by atoms with van der Waals surface area (Å²) in [5.74, 6) is -0.183. The average Bonchev–Trinajstić information content (AvgIpc) is 2.51. The van der Waals surface area contributed by atoms with Gasteiger partial charge in [-0.15, -0.1) is 0 Å². The Bertz CT molecular complexity index is 701. The summed E-state index contributed by atoms with van der Waals surface area (Å²) >= 11 is 11.6. The number of amides is 1. The van der Waals surface area contributed by atoms with Crippen molar-refractivity contribution in [2.75, 3.05) is 12.4 Å². The van der Waals surface area contributed by atoms with Crippen LogP contribution in [0.4, 0.5) is 10.5 Å². The molecule has 0 bridgehead atoms. The molecule has 7 heteroatoms. The van der Waals surface area contributed by atoms with Gasteiger partial charge in [-0.05, 0) is 42.5 Å². The molecule has 0 aliphatic rings. The minimum Gasteiger partial charge on any atom is -0.465 e. The van der Waals surface area contributed by atoms with Crippen LogP contribution in [-0.2, 0) is 4.74 Å². The van der Waals surface area contributed by atoms with Crippen molar-refractivity contribution in [1.29, 1.82) is 0 Å². The number of benzene rings is 2. The third kappa shape index (κ3) is 4.13. The Hall–Kier alpha value is -2.24. The fourth-order valence-electron chi connectivity index (χ4n) is 1.60. The minimum absolute atomic E-state index is 0.283. The average molecular weight is 340 g/mol. The second kappa shape index (κ2) is 7.15. The molecule has 0 aromatic heterocycles. The molecule has 0 spiro atoms. The van der Waals surface area contributed by atoms with E-state index in [0.717, 1.165) is 0 Å². The van der Waals surface area contributed by atoms with E-state index < -0.39 is 12.1 Å². The number of hydrogen-bond acceptors (Lipinski definition) is 4. The maximum absolute atomic E-state index is 11.8. The van der Waals surface area contributed by atoms with Crippen LogP contribution in [0.15, 0.2) is 42.5 Å². The molecule has 5 nitrogen and oxygen atoms in total. The van der Waals surface area contributed by atoms with Crippen molar-refractivity contribution in [3.63, 3.8) is 0 Å².